The second-order valence-corrected chi connectivity index (χ2v) is 7.96. The topological polar surface area (TPSA) is 67.9 Å². The smallest absolute Gasteiger partial charge is 0.225 e. The fraction of sp³-hybridized carbons (Fsp3) is 0.619. The van der Waals surface area contributed by atoms with Crippen LogP contribution in [0.2, 0.25) is 0 Å². The van der Waals surface area contributed by atoms with E-state index in [-0.39, 0.29) is 17.9 Å². The van der Waals surface area contributed by atoms with Crippen molar-refractivity contribution in [1.82, 2.24) is 10.2 Å². The average molecular weight is 376 g/mol. The molecule has 1 aliphatic rings. The fourth-order valence-corrected chi connectivity index (χ4v) is 3.33. The Morgan fingerprint density at radius 1 is 1.22 bits per heavy atom. The number of hydrogen-bond acceptors (Lipinski definition) is 4. The Labute approximate surface area is 162 Å². The normalized spacial score (nSPS) is 16.9. The van der Waals surface area contributed by atoms with Gasteiger partial charge in [0.15, 0.2) is 0 Å². The Morgan fingerprint density at radius 2 is 1.96 bits per heavy atom. The monoisotopic (exact) mass is 376 g/mol. The SMILES string of the molecule is COc1ccc(C2CCCN2C(=O)CCCNC(=O)C(C)(C)C)c(OC)c1. The van der Waals surface area contributed by atoms with Crippen LogP contribution in [0, 0.1) is 5.41 Å². The Morgan fingerprint density at radius 3 is 2.59 bits per heavy atom. The van der Waals surface area contributed by atoms with Crippen LogP contribution in [0.1, 0.15) is 58.1 Å². The van der Waals surface area contributed by atoms with Crippen molar-refractivity contribution in [3.63, 3.8) is 0 Å². The van der Waals surface area contributed by atoms with Gasteiger partial charge in [-0.3, -0.25) is 9.59 Å². The van der Waals surface area contributed by atoms with Crippen molar-refractivity contribution >= 4 is 11.8 Å². The molecule has 27 heavy (non-hydrogen) atoms. The summed E-state index contributed by atoms with van der Waals surface area (Å²) >= 11 is 0. The molecule has 1 fully saturated rings. The zero-order chi connectivity index (χ0) is 20.0. The first kappa shape index (κ1) is 21.1. The van der Waals surface area contributed by atoms with Crippen LogP contribution in [-0.4, -0.2) is 44.0 Å². The Balaban J connectivity index is 1.96. The van der Waals surface area contributed by atoms with E-state index < -0.39 is 5.41 Å². The van der Waals surface area contributed by atoms with Crippen LogP contribution in [-0.2, 0) is 9.59 Å². The standard InChI is InChI=1S/C21H32N2O4/c1-21(2,3)20(25)22-12-6-9-19(24)23-13-7-8-17(23)16-11-10-15(26-4)14-18(16)27-5/h10-11,14,17H,6-9,12-13H2,1-5H3,(H,22,25). The van der Waals surface area contributed by atoms with Gasteiger partial charge in [-0.05, 0) is 31.4 Å². The van der Waals surface area contributed by atoms with Crippen molar-refractivity contribution in [3.8, 4) is 11.5 Å². The van der Waals surface area contributed by atoms with Gasteiger partial charge in [-0.15, -0.1) is 0 Å². The molecular formula is C21H32N2O4. The minimum absolute atomic E-state index is 0.0111. The number of hydrogen-bond donors (Lipinski definition) is 1. The van der Waals surface area contributed by atoms with Gasteiger partial charge in [-0.2, -0.15) is 0 Å². The van der Waals surface area contributed by atoms with Gasteiger partial charge in [0, 0.05) is 36.6 Å². The highest BCUT2D eigenvalue weighted by Gasteiger charge is 2.31. The zero-order valence-electron chi connectivity index (χ0n) is 17.1. The van der Waals surface area contributed by atoms with Gasteiger partial charge in [0.05, 0.1) is 20.3 Å². The summed E-state index contributed by atoms with van der Waals surface area (Å²) in [6, 6.07) is 5.78. The van der Waals surface area contributed by atoms with E-state index in [9.17, 15) is 9.59 Å². The van der Waals surface area contributed by atoms with Crippen molar-refractivity contribution in [1.29, 1.82) is 0 Å². The fourth-order valence-electron chi connectivity index (χ4n) is 3.33. The molecule has 0 aliphatic carbocycles. The van der Waals surface area contributed by atoms with Crippen LogP contribution in [0.5, 0.6) is 11.5 Å². The van der Waals surface area contributed by atoms with Crippen LogP contribution in [0.4, 0.5) is 0 Å². The summed E-state index contributed by atoms with van der Waals surface area (Å²) in [4.78, 5) is 26.6. The van der Waals surface area contributed by atoms with E-state index in [4.69, 9.17) is 9.47 Å². The summed E-state index contributed by atoms with van der Waals surface area (Å²) in [6.45, 7) is 6.92. The molecule has 6 heteroatoms. The zero-order valence-corrected chi connectivity index (χ0v) is 17.1. The van der Waals surface area contributed by atoms with E-state index in [0.29, 0.717) is 19.4 Å². The van der Waals surface area contributed by atoms with Crippen LogP contribution < -0.4 is 14.8 Å². The largest absolute Gasteiger partial charge is 0.497 e. The number of nitrogens with zero attached hydrogens (tertiary/aromatic N) is 1. The summed E-state index contributed by atoms with van der Waals surface area (Å²) in [5.41, 5.74) is 0.611. The van der Waals surface area contributed by atoms with Gasteiger partial charge < -0.3 is 19.7 Å². The number of likely N-dealkylation sites (tertiary alicyclic amines) is 1. The number of ether oxygens (including phenoxy) is 2. The third-order valence-electron chi connectivity index (χ3n) is 4.91. The van der Waals surface area contributed by atoms with Gasteiger partial charge in [0.1, 0.15) is 11.5 Å². The molecule has 1 aromatic carbocycles. The van der Waals surface area contributed by atoms with Crippen LogP contribution >= 0.6 is 0 Å². The van der Waals surface area contributed by atoms with Crippen molar-refractivity contribution in [2.75, 3.05) is 27.3 Å². The first-order valence-corrected chi connectivity index (χ1v) is 9.57. The van der Waals surface area contributed by atoms with Gasteiger partial charge in [-0.25, -0.2) is 0 Å². The van der Waals surface area contributed by atoms with Gasteiger partial charge in [0.25, 0.3) is 0 Å². The second kappa shape index (κ2) is 9.11. The number of carbonyl (C=O) groups excluding carboxylic acids is 2. The number of rotatable bonds is 7. The lowest BCUT2D eigenvalue weighted by atomic mass is 9.96. The third kappa shape index (κ3) is 5.37. The molecule has 0 saturated carbocycles. The Kier molecular flexibility index (Phi) is 7.11. The van der Waals surface area contributed by atoms with E-state index in [2.05, 4.69) is 5.32 Å². The molecule has 2 rings (SSSR count). The number of methoxy groups -OCH3 is 2. The minimum Gasteiger partial charge on any atom is -0.497 e. The molecule has 1 atom stereocenters. The maximum atomic E-state index is 12.7. The third-order valence-corrected chi connectivity index (χ3v) is 4.91. The maximum absolute atomic E-state index is 12.7. The number of carbonyl (C=O) groups is 2. The predicted octanol–water partition coefficient (Wildman–Crippen LogP) is 3.31. The van der Waals surface area contributed by atoms with Gasteiger partial charge in [0.2, 0.25) is 11.8 Å². The molecule has 2 amide bonds. The average Bonchev–Trinajstić information content (AvgIpc) is 3.13. The van der Waals surface area contributed by atoms with E-state index in [1.807, 2.05) is 43.9 Å². The second-order valence-electron chi connectivity index (χ2n) is 7.96. The van der Waals surface area contributed by atoms with Crippen molar-refractivity contribution in [2.45, 2.75) is 52.5 Å². The molecule has 1 saturated heterocycles. The molecule has 0 aromatic heterocycles. The highest BCUT2D eigenvalue weighted by Crippen LogP contribution is 2.39. The highest BCUT2D eigenvalue weighted by molar-refractivity contribution is 5.81. The summed E-state index contributed by atoms with van der Waals surface area (Å²) < 4.78 is 10.8. The van der Waals surface area contributed by atoms with Crippen LogP contribution in [0.15, 0.2) is 18.2 Å². The van der Waals surface area contributed by atoms with Crippen LogP contribution in [0.3, 0.4) is 0 Å². The van der Waals surface area contributed by atoms with Gasteiger partial charge in [-0.1, -0.05) is 20.8 Å². The van der Waals surface area contributed by atoms with Crippen molar-refractivity contribution < 1.29 is 19.1 Å². The van der Waals surface area contributed by atoms with E-state index in [1.54, 1.807) is 14.2 Å². The molecule has 1 unspecified atom stereocenters. The summed E-state index contributed by atoms with van der Waals surface area (Å²) in [6.07, 6.45) is 2.98. The summed E-state index contributed by atoms with van der Waals surface area (Å²) in [7, 11) is 3.26. The van der Waals surface area contributed by atoms with E-state index >= 15 is 0 Å². The van der Waals surface area contributed by atoms with Crippen molar-refractivity contribution in [3.05, 3.63) is 23.8 Å². The molecule has 1 aromatic rings. The number of benzene rings is 1. The van der Waals surface area contributed by atoms with Gasteiger partial charge >= 0.3 is 0 Å². The number of nitrogens with one attached hydrogen (secondary N) is 1. The summed E-state index contributed by atoms with van der Waals surface area (Å²) in [5, 5.41) is 2.90. The maximum Gasteiger partial charge on any atom is 0.225 e. The summed E-state index contributed by atoms with van der Waals surface area (Å²) in [5.74, 6) is 1.62. The lowest BCUT2D eigenvalue weighted by Gasteiger charge is -2.27. The first-order chi connectivity index (χ1) is 12.8. The lowest BCUT2D eigenvalue weighted by molar-refractivity contribution is -0.133. The first-order valence-electron chi connectivity index (χ1n) is 9.57. The molecule has 1 heterocycles. The molecule has 1 aliphatic heterocycles. The van der Waals surface area contributed by atoms with Crippen LogP contribution in [0.25, 0.3) is 0 Å². The molecule has 150 valence electrons. The Hall–Kier alpha value is -2.24. The quantitative estimate of drug-likeness (QED) is 0.742. The predicted molar refractivity (Wildman–Crippen MR) is 105 cm³/mol. The molecule has 1 N–H and O–H groups in total. The molecule has 0 bridgehead atoms. The Bertz CT molecular complexity index is 667. The molecule has 6 nitrogen and oxygen atoms in total. The molecule has 0 radical (unpaired) electrons. The lowest BCUT2D eigenvalue weighted by Crippen LogP contribution is -2.36. The highest BCUT2D eigenvalue weighted by atomic mass is 16.5. The van der Waals surface area contributed by atoms with E-state index in [1.165, 1.54) is 0 Å². The van der Waals surface area contributed by atoms with E-state index in [0.717, 1.165) is 36.4 Å². The molecular weight excluding hydrogens is 344 g/mol. The number of amides is 2. The van der Waals surface area contributed by atoms with Crippen molar-refractivity contribution in [2.24, 2.45) is 5.41 Å². The molecule has 0 spiro atoms. The minimum atomic E-state index is -0.408.